The fourth-order valence-electron chi connectivity index (χ4n) is 4.88. The molecular formula is C33H38N2O8. The lowest BCUT2D eigenvalue weighted by Crippen LogP contribution is -2.16. The van der Waals surface area contributed by atoms with E-state index in [1.165, 1.54) is 0 Å². The molecular weight excluding hydrogens is 552 g/mol. The minimum absolute atomic E-state index is 0.00654. The third-order valence-corrected chi connectivity index (χ3v) is 7.21. The van der Waals surface area contributed by atoms with Crippen molar-refractivity contribution in [3.05, 3.63) is 77.4 Å². The lowest BCUT2D eigenvalue weighted by atomic mass is 9.91. The van der Waals surface area contributed by atoms with Crippen LogP contribution in [0.2, 0.25) is 0 Å². The van der Waals surface area contributed by atoms with Gasteiger partial charge in [0.2, 0.25) is 6.79 Å². The number of hydrogen-bond donors (Lipinski definition) is 0. The molecule has 0 fully saturated rings. The summed E-state index contributed by atoms with van der Waals surface area (Å²) in [4.78, 5) is 31.2. The number of ether oxygens (including phenoxy) is 6. The number of aromatic nitrogens is 2. The number of carbonyl (C=O) groups is 2. The molecule has 0 saturated heterocycles. The highest BCUT2D eigenvalue weighted by atomic mass is 16.7. The van der Waals surface area contributed by atoms with Crippen molar-refractivity contribution >= 4 is 18.0 Å². The van der Waals surface area contributed by atoms with Crippen LogP contribution in [0.3, 0.4) is 0 Å². The highest BCUT2D eigenvalue weighted by Gasteiger charge is 2.27. The Morgan fingerprint density at radius 3 is 2.51 bits per heavy atom. The second-order valence-electron chi connectivity index (χ2n) is 9.87. The minimum atomic E-state index is -0.492. The summed E-state index contributed by atoms with van der Waals surface area (Å²) >= 11 is 0. The van der Waals surface area contributed by atoms with Crippen molar-refractivity contribution in [2.75, 3.05) is 34.2 Å². The summed E-state index contributed by atoms with van der Waals surface area (Å²) in [6.07, 6.45) is 8.09. The predicted octanol–water partition coefficient (Wildman–Crippen LogP) is 6.05. The first kappa shape index (κ1) is 31.2. The van der Waals surface area contributed by atoms with Gasteiger partial charge in [-0.1, -0.05) is 19.9 Å². The lowest BCUT2D eigenvalue weighted by Gasteiger charge is -2.22. The molecule has 1 aliphatic rings. The van der Waals surface area contributed by atoms with Gasteiger partial charge in [0, 0.05) is 29.2 Å². The summed E-state index contributed by atoms with van der Waals surface area (Å²) in [6.45, 7) is 10.0. The zero-order chi connectivity index (χ0) is 30.9. The molecule has 10 nitrogen and oxygen atoms in total. The number of imidazole rings is 1. The molecule has 0 aliphatic carbocycles. The van der Waals surface area contributed by atoms with Crippen LogP contribution in [0.15, 0.2) is 55.0 Å². The van der Waals surface area contributed by atoms with Crippen LogP contribution in [-0.4, -0.2) is 55.7 Å². The molecule has 1 atom stereocenters. The normalized spacial score (nSPS) is 12.9. The van der Waals surface area contributed by atoms with Gasteiger partial charge in [0.25, 0.3) is 0 Å². The summed E-state index contributed by atoms with van der Waals surface area (Å²) in [5.74, 6) is 1.30. The number of esters is 2. The van der Waals surface area contributed by atoms with Gasteiger partial charge in [-0.3, -0.25) is 4.57 Å². The molecule has 43 heavy (non-hydrogen) atoms. The standard InChI is InChI=1S/C33H38N2O8/c1-7-10-13-41-33(37)31-25(11-12-26(38-5)30(31)21(4)8-2)35-19-34-18-24(35)15-23(32(36)40-9-3)14-22-16-28-29(43-20-42-28)17-27(22)39-6/h7,11-12,15-19,21H,1,8-10,13-14,20H2,2-6H3. The Morgan fingerprint density at radius 2 is 1.84 bits per heavy atom. The van der Waals surface area contributed by atoms with Crippen LogP contribution in [0.5, 0.6) is 23.0 Å². The van der Waals surface area contributed by atoms with Crippen molar-refractivity contribution in [3.8, 4) is 28.7 Å². The van der Waals surface area contributed by atoms with Crippen LogP contribution in [-0.2, 0) is 20.7 Å². The first-order chi connectivity index (χ1) is 20.9. The molecule has 1 unspecified atom stereocenters. The van der Waals surface area contributed by atoms with Crippen molar-refractivity contribution in [2.45, 2.75) is 46.0 Å². The van der Waals surface area contributed by atoms with Crippen molar-refractivity contribution in [3.63, 3.8) is 0 Å². The molecule has 0 saturated carbocycles. The molecule has 1 aliphatic heterocycles. The summed E-state index contributed by atoms with van der Waals surface area (Å²) in [5.41, 5.74) is 3.29. The maximum Gasteiger partial charge on any atom is 0.340 e. The average Bonchev–Trinajstić information content (AvgIpc) is 3.68. The van der Waals surface area contributed by atoms with Crippen LogP contribution in [0.25, 0.3) is 11.8 Å². The van der Waals surface area contributed by atoms with Gasteiger partial charge < -0.3 is 28.4 Å². The molecule has 1 aromatic heterocycles. The zero-order valence-electron chi connectivity index (χ0n) is 25.3. The number of hydrogen-bond acceptors (Lipinski definition) is 9. The number of benzene rings is 2. The van der Waals surface area contributed by atoms with E-state index in [0.29, 0.717) is 57.5 Å². The topological polar surface area (TPSA) is 107 Å². The van der Waals surface area contributed by atoms with Gasteiger partial charge in [-0.2, -0.15) is 0 Å². The fraction of sp³-hybridized carbons (Fsp3) is 0.364. The van der Waals surface area contributed by atoms with Gasteiger partial charge in [-0.15, -0.1) is 6.58 Å². The van der Waals surface area contributed by atoms with Crippen LogP contribution in [0.4, 0.5) is 0 Å². The van der Waals surface area contributed by atoms with Crippen LogP contribution >= 0.6 is 0 Å². The summed E-state index contributed by atoms with van der Waals surface area (Å²) in [6, 6.07) is 7.15. The van der Waals surface area contributed by atoms with E-state index < -0.39 is 11.9 Å². The van der Waals surface area contributed by atoms with Crippen molar-refractivity contribution in [2.24, 2.45) is 0 Å². The number of nitrogens with zero attached hydrogens (tertiary/aromatic N) is 2. The van der Waals surface area contributed by atoms with E-state index in [0.717, 1.165) is 12.0 Å². The molecule has 228 valence electrons. The maximum atomic E-state index is 13.6. The van der Waals surface area contributed by atoms with Gasteiger partial charge in [0.1, 0.15) is 11.5 Å². The first-order valence-electron chi connectivity index (χ1n) is 14.2. The van der Waals surface area contributed by atoms with E-state index in [4.69, 9.17) is 28.4 Å². The predicted molar refractivity (Wildman–Crippen MR) is 161 cm³/mol. The van der Waals surface area contributed by atoms with Crippen LogP contribution in [0, 0.1) is 0 Å². The Bertz CT molecular complexity index is 1510. The molecule has 10 heteroatoms. The quantitative estimate of drug-likeness (QED) is 0.0959. The first-order valence-corrected chi connectivity index (χ1v) is 14.2. The van der Waals surface area contributed by atoms with E-state index in [2.05, 4.69) is 11.6 Å². The summed E-state index contributed by atoms with van der Waals surface area (Å²) in [5, 5.41) is 0. The van der Waals surface area contributed by atoms with Crippen molar-refractivity contribution < 1.29 is 38.0 Å². The van der Waals surface area contributed by atoms with Gasteiger partial charge in [0.05, 0.1) is 56.9 Å². The highest BCUT2D eigenvalue weighted by molar-refractivity contribution is 5.97. The van der Waals surface area contributed by atoms with Crippen molar-refractivity contribution in [1.82, 2.24) is 9.55 Å². The van der Waals surface area contributed by atoms with E-state index in [-0.39, 0.29) is 32.3 Å². The van der Waals surface area contributed by atoms with Gasteiger partial charge in [0.15, 0.2) is 11.5 Å². The number of methoxy groups -OCH3 is 2. The summed E-state index contributed by atoms with van der Waals surface area (Å²) < 4.78 is 35.1. The Balaban J connectivity index is 1.85. The number of carbonyl (C=O) groups excluding carboxylic acids is 2. The second kappa shape index (κ2) is 14.4. The molecule has 0 radical (unpaired) electrons. The molecule has 3 aromatic rings. The monoisotopic (exact) mass is 590 g/mol. The number of fused-ring (bicyclic) bond motifs is 1. The maximum absolute atomic E-state index is 13.6. The van der Waals surface area contributed by atoms with Gasteiger partial charge in [-0.25, -0.2) is 14.6 Å². The molecule has 0 amide bonds. The van der Waals surface area contributed by atoms with E-state index in [1.54, 1.807) is 68.6 Å². The van der Waals surface area contributed by atoms with Crippen molar-refractivity contribution in [1.29, 1.82) is 0 Å². The van der Waals surface area contributed by atoms with Crippen LogP contribution in [0.1, 0.15) is 66.7 Å². The lowest BCUT2D eigenvalue weighted by molar-refractivity contribution is -0.138. The molecule has 0 spiro atoms. The molecule has 0 N–H and O–H groups in total. The highest BCUT2D eigenvalue weighted by Crippen LogP contribution is 2.40. The van der Waals surface area contributed by atoms with Gasteiger partial charge in [-0.05, 0) is 50.0 Å². The SMILES string of the molecule is C=CCCOC(=O)c1c(-n2cncc2C=C(Cc2cc3c(cc2OC)OCO3)C(=O)OCC)ccc(OC)c1C(C)CC. The Kier molecular flexibility index (Phi) is 10.5. The minimum Gasteiger partial charge on any atom is -0.496 e. The van der Waals surface area contributed by atoms with E-state index in [9.17, 15) is 9.59 Å². The molecule has 4 rings (SSSR count). The van der Waals surface area contributed by atoms with Crippen LogP contribution < -0.4 is 18.9 Å². The Morgan fingerprint density at radius 1 is 1.09 bits per heavy atom. The largest absolute Gasteiger partial charge is 0.496 e. The second-order valence-corrected chi connectivity index (χ2v) is 9.87. The Labute approximate surface area is 251 Å². The van der Waals surface area contributed by atoms with E-state index in [1.807, 2.05) is 19.9 Å². The smallest absolute Gasteiger partial charge is 0.340 e. The third-order valence-electron chi connectivity index (χ3n) is 7.21. The van der Waals surface area contributed by atoms with E-state index >= 15 is 0 Å². The molecule has 0 bridgehead atoms. The zero-order valence-corrected chi connectivity index (χ0v) is 25.3. The Hall–Kier alpha value is -4.73. The van der Waals surface area contributed by atoms with Gasteiger partial charge >= 0.3 is 11.9 Å². The fourth-order valence-corrected chi connectivity index (χ4v) is 4.88. The molecule has 2 heterocycles. The number of rotatable bonds is 14. The third kappa shape index (κ3) is 6.85. The molecule has 2 aromatic carbocycles. The summed E-state index contributed by atoms with van der Waals surface area (Å²) in [7, 11) is 3.13. The average molecular weight is 591 g/mol.